The zero-order valence-electron chi connectivity index (χ0n) is 9.29. The maximum atomic E-state index is 4.13. The minimum absolute atomic E-state index is 0.992. The van der Waals surface area contributed by atoms with E-state index in [2.05, 4.69) is 38.4 Å². The molecule has 0 aliphatic heterocycles. The largest absolute Gasteiger partial charge is 0.0984 e. The summed E-state index contributed by atoms with van der Waals surface area (Å²) in [7, 11) is 0. The third-order valence-electron chi connectivity index (χ3n) is 2.91. The van der Waals surface area contributed by atoms with Crippen molar-refractivity contribution in [2.24, 2.45) is 0 Å². The van der Waals surface area contributed by atoms with Crippen LogP contribution >= 0.6 is 0 Å². The lowest BCUT2D eigenvalue weighted by Gasteiger charge is -2.04. The van der Waals surface area contributed by atoms with E-state index in [4.69, 9.17) is 0 Å². The molecule has 0 unspecified atom stereocenters. The first kappa shape index (κ1) is 10.4. The van der Waals surface area contributed by atoms with Gasteiger partial charge in [-0.2, -0.15) is 0 Å². The van der Waals surface area contributed by atoms with Crippen LogP contribution in [0.5, 0.6) is 0 Å². The van der Waals surface area contributed by atoms with E-state index in [0.29, 0.717) is 0 Å². The Morgan fingerprint density at radius 1 is 0.875 bits per heavy atom. The summed E-state index contributed by atoms with van der Waals surface area (Å²) in [5, 5.41) is 0. The number of rotatable bonds is 2. The lowest BCUT2D eigenvalue weighted by Crippen LogP contribution is -1.83. The average Bonchev–Trinajstić information content (AvgIpc) is 2.57. The van der Waals surface area contributed by atoms with Crippen LogP contribution in [-0.2, 0) is 0 Å². The van der Waals surface area contributed by atoms with Gasteiger partial charge in [0, 0.05) is 0 Å². The molecule has 0 radical (unpaired) electrons. The van der Waals surface area contributed by atoms with Gasteiger partial charge in [-0.15, -0.1) is 0 Å². The van der Waals surface area contributed by atoms with Crippen LogP contribution in [0.25, 0.3) is 11.1 Å². The Kier molecular flexibility index (Phi) is 2.49. The van der Waals surface area contributed by atoms with Crippen molar-refractivity contribution < 1.29 is 0 Å². The molecule has 0 heteroatoms. The van der Waals surface area contributed by atoms with Gasteiger partial charge in [0.05, 0.1) is 0 Å². The smallest absolute Gasteiger partial charge is 0.00387 e. The van der Waals surface area contributed by atoms with Gasteiger partial charge in [0.15, 0.2) is 0 Å². The SMILES string of the molecule is C=CC(C=C)=C1C(=C)c2ccccc2C1=C. The second kappa shape index (κ2) is 3.82. The van der Waals surface area contributed by atoms with Crippen LogP contribution < -0.4 is 0 Å². The molecule has 16 heavy (non-hydrogen) atoms. The van der Waals surface area contributed by atoms with Crippen LogP contribution in [0.15, 0.2) is 73.9 Å². The Balaban J connectivity index is 2.72. The van der Waals surface area contributed by atoms with E-state index in [0.717, 1.165) is 33.4 Å². The van der Waals surface area contributed by atoms with E-state index in [1.165, 1.54) is 0 Å². The van der Waals surface area contributed by atoms with Crippen molar-refractivity contribution in [3.05, 3.63) is 85.0 Å². The van der Waals surface area contributed by atoms with E-state index in [-0.39, 0.29) is 0 Å². The van der Waals surface area contributed by atoms with Gasteiger partial charge in [-0.05, 0) is 33.4 Å². The number of allylic oxidation sites excluding steroid dienone is 6. The molecule has 0 amide bonds. The number of fused-ring (bicyclic) bond motifs is 1. The predicted molar refractivity (Wildman–Crippen MR) is 71.9 cm³/mol. The zero-order chi connectivity index (χ0) is 11.7. The van der Waals surface area contributed by atoms with Gasteiger partial charge in [0.1, 0.15) is 0 Å². The molecule has 0 bridgehead atoms. The fraction of sp³-hybridized carbons (Fsp3) is 0. The van der Waals surface area contributed by atoms with Crippen molar-refractivity contribution >= 4 is 11.1 Å². The summed E-state index contributed by atoms with van der Waals surface area (Å²) in [6, 6.07) is 8.17. The summed E-state index contributed by atoms with van der Waals surface area (Å²) >= 11 is 0. The minimum atomic E-state index is 0.992. The Labute approximate surface area is 96.6 Å². The van der Waals surface area contributed by atoms with Crippen molar-refractivity contribution in [2.75, 3.05) is 0 Å². The van der Waals surface area contributed by atoms with Gasteiger partial charge in [0.2, 0.25) is 0 Å². The lowest BCUT2D eigenvalue weighted by molar-refractivity contribution is 1.62. The standard InChI is InChI=1S/C16H14/c1-5-13(6-2)16-11(3)14-9-7-8-10-15(14)12(16)4/h5-10H,1-4H2. The van der Waals surface area contributed by atoms with Crippen LogP contribution in [0.3, 0.4) is 0 Å². The summed E-state index contributed by atoms with van der Waals surface area (Å²) in [4.78, 5) is 0. The molecule has 0 saturated heterocycles. The highest BCUT2D eigenvalue weighted by atomic mass is 14.3. The lowest BCUT2D eigenvalue weighted by atomic mass is 9.99. The van der Waals surface area contributed by atoms with E-state index in [9.17, 15) is 0 Å². The molecule has 0 saturated carbocycles. The molecule has 1 aliphatic carbocycles. The summed E-state index contributed by atoms with van der Waals surface area (Å²) < 4.78 is 0. The maximum absolute atomic E-state index is 4.13. The molecule has 0 aromatic heterocycles. The van der Waals surface area contributed by atoms with Crippen molar-refractivity contribution in [2.45, 2.75) is 0 Å². The number of hydrogen-bond donors (Lipinski definition) is 0. The zero-order valence-corrected chi connectivity index (χ0v) is 9.29. The summed E-state index contributed by atoms with van der Waals surface area (Å²) in [5.74, 6) is 0. The van der Waals surface area contributed by atoms with E-state index in [1.807, 2.05) is 12.1 Å². The highest BCUT2D eigenvalue weighted by Gasteiger charge is 2.24. The van der Waals surface area contributed by atoms with Crippen LogP contribution in [0.1, 0.15) is 11.1 Å². The Morgan fingerprint density at radius 2 is 1.31 bits per heavy atom. The minimum Gasteiger partial charge on any atom is -0.0984 e. The van der Waals surface area contributed by atoms with Gasteiger partial charge in [-0.1, -0.05) is 62.7 Å². The second-order valence-corrected chi connectivity index (χ2v) is 3.74. The molecule has 1 aromatic rings. The van der Waals surface area contributed by atoms with Gasteiger partial charge >= 0.3 is 0 Å². The summed E-state index contributed by atoms with van der Waals surface area (Å²) in [6.07, 6.45) is 3.59. The first-order chi connectivity index (χ1) is 7.70. The third kappa shape index (κ3) is 1.31. The van der Waals surface area contributed by atoms with Crippen LogP contribution in [0.2, 0.25) is 0 Å². The molecule has 0 nitrogen and oxygen atoms in total. The molecular formula is C16H14. The molecule has 78 valence electrons. The Morgan fingerprint density at radius 3 is 1.69 bits per heavy atom. The molecular weight excluding hydrogens is 192 g/mol. The summed E-state index contributed by atoms with van der Waals surface area (Å²) in [6.45, 7) is 15.9. The monoisotopic (exact) mass is 206 g/mol. The van der Waals surface area contributed by atoms with Crippen LogP contribution in [-0.4, -0.2) is 0 Å². The quantitative estimate of drug-likeness (QED) is 0.673. The molecule has 0 N–H and O–H groups in total. The van der Waals surface area contributed by atoms with Crippen molar-refractivity contribution in [1.82, 2.24) is 0 Å². The number of hydrogen-bond acceptors (Lipinski definition) is 0. The fourth-order valence-electron chi connectivity index (χ4n) is 2.10. The molecule has 0 heterocycles. The first-order valence-corrected chi connectivity index (χ1v) is 5.18. The van der Waals surface area contributed by atoms with Gasteiger partial charge in [-0.25, -0.2) is 0 Å². The first-order valence-electron chi connectivity index (χ1n) is 5.18. The molecule has 0 atom stereocenters. The molecule has 1 aromatic carbocycles. The van der Waals surface area contributed by atoms with Crippen LogP contribution in [0.4, 0.5) is 0 Å². The predicted octanol–water partition coefficient (Wildman–Crippen LogP) is 4.40. The van der Waals surface area contributed by atoms with Crippen molar-refractivity contribution in [3.63, 3.8) is 0 Å². The third-order valence-corrected chi connectivity index (χ3v) is 2.91. The number of benzene rings is 1. The topological polar surface area (TPSA) is 0 Å². The van der Waals surface area contributed by atoms with Crippen molar-refractivity contribution in [3.8, 4) is 0 Å². The Hall–Kier alpha value is -2.08. The van der Waals surface area contributed by atoms with Crippen molar-refractivity contribution in [1.29, 1.82) is 0 Å². The molecule has 1 aliphatic rings. The summed E-state index contributed by atoms with van der Waals surface area (Å²) in [5.41, 5.74) is 6.38. The van der Waals surface area contributed by atoms with Gasteiger partial charge in [0.25, 0.3) is 0 Å². The van der Waals surface area contributed by atoms with E-state index >= 15 is 0 Å². The highest BCUT2D eigenvalue weighted by Crippen LogP contribution is 2.44. The van der Waals surface area contributed by atoms with Crippen LogP contribution in [0, 0.1) is 0 Å². The van der Waals surface area contributed by atoms with Gasteiger partial charge in [-0.3, -0.25) is 0 Å². The highest BCUT2D eigenvalue weighted by molar-refractivity contribution is 6.07. The second-order valence-electron chi connectivity index (χ2n) is 3.74. The fourth-order valence-corrected chi connectivity index (χ4v) is 2.10. The Bertz CT molecular complexity index is 492. The van der Waals surface area contributed by atoms with E-state index in [1.54, 1.807) is 12.2 Å². The molecule has 0 fully saturated rings. The average molecular weight is 206 g/mol. The normalized spacial score (nSPS) is 13.6. The van der Waals surface area contributed by atoms with Gasteiger partial charge < -0.3 is 0 Å². The molecule has 2 rings (SSSR count). The maximum Gasteiger partial charge on any atom is -0.00387 e. The van der Waals surface area contributed by atoms with E-state index < -0.39 is 0 Å². The molecule has 0 spiro atoms.